The molecule has 0 saturated heterocycles. The number of nitrogens with zero attached hydrogens (tertiary/aromatic N) is 2. The summed E-state index contributed by atoms with van der Waals surface area (Å²) in [7, 11) is 0. The predicted octanol–water partition coefficient (Wildman–Crippen LogP) is 3.50. The van der Waals surface area contributed by atoms with Crippen molar-refractivity contribution in [2.45, 2.75) is 53.9 Å². The van der Waals surface area contributed by atoms with Crippen LogP contribution in [0.5, 0.6) is 0 Å². The van der Waals surface area contributed by atoms with Crippen molar-refractivity contribution in [3.63, 3.8) is 0 Å². The molecule has 2 nitrogen and oxygen atoms in total. The molecule has 0 aliphatic carbocycles. The van der Waals surface area contributed by atoms with Crippen LogP contribution >= 0.6 is 0 Å². The van der Waals surface area contributed by atoms with Gasteiger partial charge in [0, 0.05) is 0 Å². The second-order valence-corrected chi connectivity index (χ2v) is 3.41. The average Bonchev–Trinajstić information content (AvgIpc) is 2.20. The molecule has 80 valence electrons. The van der Waals surface area contributed by atoms with Crippen LogP contribution in [0.4, 0.5) is 0 Å². The molecule has 0 atom stereocenters. The van der Waals surface area contributed by atoms with Crippen LogP contribution in [0, 0.1) is 6.92 Å². The van der Waals surface area contributed by atoms with Gasteiger partial charge in [-0.1, -0.05) is 34.6 Å². The van der Waals surface area contributed by atoms with Gasteiger partial charge in [-0.25, -0.2) is 0 Å². The summed E-state index contributed by atoms with van der Waals surface area (Å²) < 4.78 is 0. The minimum atomic E-state index is 0.475. The van der Waals surface area contributed by atoms with Gasteiger partial charge < -0.3 is 0 Å². The summed E-state index contributed by atoms with van der Waals surface area (Å²) in [6.07, 6.45) is 0.964. The maximum atomic E-state index is 4.20. The highest BCUT2D eigenvalue weighted by Gasteiger charge is 2.05. The van der Waals surface area contributed by atoms with Crippen LogP contribution < -0.4 is 0 Å². The van der Waals surface area contributed by atoms with E-state index in [2.05, 4.69) is 44.0 Å². The Bertz CT molecular complexity index is 267. The smallest absolute Gasteiger partial charge is 0.0685 e. The fraction of sp³-hybridized carbons (Fsp3) is 0.667. The SMILES string of the molecule is CC.CCc1cc(C)c(C(C)C)nn1. The van der Waals surface area contributed by atoms with Crippen LogP contribution in [0.2, 0.25) is 0 Å². The monoisotopic (exact) mass is 194 g/mol. The lowest BCUT2D eigenvalue weighted by Crippen LogP contribution is -2.01. The van der Waals surface area contributed by atoms with Gasteiger partial charge in [-0.15, -0.1) is 0 Å². The first-order valence-corrected chi connectivity index (χ1v) is 5.48. The Morgan fingerprint density at radius 1 is 1.21 bits per heavy atom. The molecule has 0 N–H and O–H groups in total. The Balaban J connectivity index is 0.000000791. The van der Waals surface area contributed by atoms with Crippen molar-refractivity contribution >= 4 is 0 Å². The number of rotatable bonds is 2. The second kappa shape index (κ2) is 6.52. The van der Waals surface area contributed by atoms with Gasteiger partial charge in [-0.3, -0.25) is 0 Å². The third-order valence-corrected chi connectivity index (χ3v) is 1.98. The molecule has 0 amide bonds. The van der Waals surface area contributed by atoms with Crippen LogP contribution in [-0.4, -0.2) is 10.2 Å². The van der Waals surface area contributed by atoms with E-state index >= 15 is 0 Å². The van der Waals surface area contributed by atoms with Crippen molar-refractivity contribution in [3.8, 4) is 0 Å². The molecule has 0 aliphatic rings. The van der Waals surface area contributed by atoms with Crippen molar-refractivity contribution < 1.29 is 0 Å². The molecule has 1 aromatic rings. The Morgan fingerprint density at radius 2 is 1.79 bits per heavy atom. The maximum absolute atomic E-state index is 4.20. The van der Waals surface area contributed by atoms with Gasteiger partial charge in [0.05, 0.1) is 11.4 Å². The molecule has 0 saturated carbocycles. The zero-order valence-corrected chi connectivity index (χ0v) is 10.3. The van der Waals surface area contributed by atoms with E-state index < -0.39 is 0 Å². The Kier molecular flexibility index (Phi) is 6.09. The van der Waals surface area contributed by atoms with Gasteiger partial charge in [-0.05, 0) is 30.9 Å². The number of aromatic nitrogens is 2. The van der Waals surface area contributed by atoms with Gasteiger partial charge in [0.2, 0.25) is 0 Å². The van der Waals surface area contributed by atoms with E-state index in [1.54, 1.807) is 0 Å². The lowest BCUT2D eigenvalue weighted by Gasteiger charge is -2.07. The summed E-state index contributed by atoms with van der Waals surface area (Å²) >= 11 is 0. The van der Waals surface area contributed by atoms with E-state index in [4.69, 9.17) is 0 Å². The van der Waals surface area contributed by atoms with Crippen molar-refractivity contribution in [1.29, 1.82) is 0 Å². The molecule has 0 unspecified atom stereocenters. The Labute approximate surface area is 87.8 Å². The minimum Gasteiger partial charge on any atom is -0.155 e. The molecular weight excluding hydrogens is 172 g/mol. The summed E-state index contributed by atoms with van der Waals surface area (Å²) in [6, 6.07) is 2.13. The topological polar surface area (TPSA) is 25.8 Å². The van der Waals surface area contributed by atoms with Gasteiger partial charge in [0.1, 0.15) is 0 Å². The minimum absolute atomic E-state index is 0.475. The van der Waals surface area contributed by atoms with Crippen molar-refractivity contribution in [3.05, 3.63) is 23.0 Å². The fourth-order valence-corrected chi connectivity index (χ4v) is 1.29. The normalized spacial score (nSPS) is 9.64. The van der Waals surface area contributed by atoms with Gasteiger partial charge in [0.15, 0.2) is 0 Å². The van der Waals surface area contributed by atoms with Crippen LogP contribution in [0.25, 0.3) is 0 Å². The van der Waals surface area contributed by atoms with Crippen molar-refractivity contribution in [1.82, 2.24) is 10.2 Å². The summed E-state index contributed by atoms with van der Waals surface area (Å²) in [5.74, 6) is 0.475. The first-order valence-electron chi connectivity index (χ1n) is 5.48. The fourth-order valence-electron chi connectivity index (χ4n) is 1.29. The predicted molar refractivity (Wildman–Crippen MR) is 61.6 cm³/mol. The van der Waals surface area contributed by atoms with Crippen LogP contribution in [-0.2, 0) is 6.42 Å². The first kappa shape index (κ1) is 13.1. The summed E-state index contributed by atoms with van der Waals surface area (Å²) in [5.41, 5.74) is 3.46. The second-order valence-electron chi connectivity index (χ2n) is 3.41. The summed E-state index contributed by atoms with van der Waals surface area (Å²) in [4.78, 5) is 0. The zero-order chi connectivity index (χ0) is 11.1. The van der Waals surface area contributed by atoms with Crippen LogP contribution in [0.1, 0.15) is 57.5 Å². The third kappa shape index (κ3) is 3.44. The zero-order valence-electron chi connectivity index (χ0n) is 10.3. The summed E-state index contributed by atoms with van der Waals surface area (Å²) in [5, 5.41) is 8.33. The van der Waals surface area contributed by atoms with Crippen LogP contribution in [0.15, 0.2) is 6.07 Å². The molecule has 0 aromatic carbocycles. The van der Waals surface area contributed by atoms with E-state index in [1.807, 2.05) is 13.8 Å². The largest absolute Gasteiger partial charge is 0.155 e. The van der Waals surface area contributed by atoms with E-state index in [0.29, 0.717) is 5.92 Å². The molecule has 2 heteroatoms. The molecule has 0 fully saturated rings. The highest BCUT2D eigenvalue weighted by atomic mass is 15.1. The van der Waals surface area contributed by atoms with Gasteiger partial charge >= 0.3 is 0 Å². The Morgan fingerprint density at radius 3 is 2.14 bits per heavy atom. The summed E-state index contributed by atoms with van der Waals surface area (Å²) in [6.45, 7) is 12.5. The number of hydrogen-bond acceptors (Lipinski definition) is 2. The molecular formula is C12H22N2. The number of hydrogen-bond donors (Lipinski definition) is 0. The lowest BCUT2D eigenvalue weighted by molar-refractivity contribution is 0.757. The highest BCUT2D eigenvalue weighted by Crippen LogP contribution is 2.15. The molecule has 0 aliphatic heterocycles. The van der Waals surface area contributed by atoms with E-state index in [-0.39, 0.29) is 0 Å². The standard InChI is InChI=1S/C10H16N2.C2H6/c1-5-9-6-8(4)10(7(2)3)12-11-9;1-2/h6-7H,5H2,1-4H3;1-2H3. The lowest BCUT2D eigenvalue weighted by atomic mass is 10.1. The Hall–Kier alpha value is -0.920. The van der Waals surface area contributed by atoms with E-state index in [9.17, 15) is 0 Å². The highest BCUT2D eigenvalue weighted by molar-refractivity contribution is 5.21. The first-order chi connectivity index (χ1) is 6.65. The van der Waals surface area contributed by atoms with Gasteiger partial charge in [0.25, 0.3) is 0 Å². The molecule has 0 spiro atoms. The maximum Gasteiger partial charge on any atom is 0.0685 e. The quantitative estimate of drug-likeness (QED) is 0.720. The van der Waals surface area contributed by atoms with Crippen molar-refractivity contribution in [2.24, 2.45) is 0 Å². The molecule has 1 heterocycles. The van der Waals surface area contributed by atoms with E-state index in [0.717, 1.165) is 17.8 Å². The average molecular weight is 194 g/mol. The van der Waals surface area contributed by atoms with Crippen molar-refractivity contribution in [2.75, 3.05) is 0 Å². The third-order valence-electron chi connectivity index (χ3n) is 1.98. The van der Waals surface area contributed by atoms with Gasteiger partial charge in [-0.2, -0.15) is 10.2 Å². The molecule has 14 heavy (non-hydrogen) atoms. The van der Waals surface area contributed by atoms with E-state index in [1.165, 1.54) is 5.56 Å². The molecule has 0 bridgehead atoms. The molecule has 0 radical (unpaired) electrons. The molecule has 1 rings (SSSR count). The molecule has 1 aromatic heterocycles. The van der Waals surface area contributed by atoms with Crippen LogP contribution in [0.3, 0.4) is 0 Å². The number of aryl methyl sites for hydroxylation is 2.